The third-order valence-electron chi connectivity index (χ3n) is 2.15. The SMILES string of the molecule is CCOCC(C)Nc1cccc(S(C)=O)c1. The molecule has 1 aromatic carbocycles. The third-order valence-corrected chi connectivity index (χ3v) is 3.07. The van der Waals surface area contributed by atoms with Gasteiger partial charge in [0.1, 0.15) is 0 Å². The van der Waals surface area contributed by atoms with Gasteiger partial charge in [0.2, 0.25) is 0 Å². The van der Waals surface area contributed by atoms with E-state index in [1.54, 1.807) is 6.26 Å². The summed E-state index contributed by atoms with van der Waals surface area (Å²) in [5, 5.41) is 3.31. The first kappa shape index (κ1) is 13.2. The molecule has 1 N–H and O–H groups in total. The number of ether oxygens (including phenoxy) is 1. The minimum atomic E-state index is -0.931. The normalized spacial score (nSPS) is 14.4. The second-order valence-corrected chi connectivity index (χ2v) is 5.07. The summed E-state index contributed by atoms with van der Waals surface area (Å²) in [6, 6.07) is 7.92. The van der Waals surface area contributed by atoms with Gasteiger partial charge >= 0.3 is 0 Å². The van der Waals surface area contributed by atoms with Crippen LogP contribution in [0, 0.1) is 0 Å². The minimum absolute atomic E-state index is 0.250. The van der Waals surface area contributed by atoms with E-state index in [-0.39, 0.29) is 6.04 Å². The van der Waals surface area contributed by atoms with E-state index in [0.29, 0.717) is 6.61 Å². The maximum atomic E-state index is 11.3. The Morgan fingerprint density at radius 2 is 2.25 bits per heavy atom. The van der Waals surface area contributed by atoms with E-state index >= 15 is 0 Å². The molecule has 4 heteroatoms. The smallest absolute Gasteiger partial charge is 0.0664 e. The van der Waals surface area contributed by atoms with E-state index in [9.17, 15) is 4.21 Å². The minimum Gasteiger partial charge on any atom is -0.380 e. The summed E-state index contributed by atoms with van der Waals surface area (Å²) in [5.74, 6) is 0. The van der Waals surface area contributed by atoms with Crippen LogP contribution in [0.4, 0.5) is 5.69 Å². The van der Waals surface area contributed by atoms with Crippen LogP contribution in [-0.4, -0.2) is 29.7 Å². The molecular formula is C12H19NO2S. The highest BCUT2D eigenvalue weighted by Gasteiger charge is 2.03. The van der Waals surface area contributed by atoms with Crippen molar-refractivity contribution in [1.82, 2.24) is 0 Å². The third kappa shape index (κ3) is 4.33. The molecule has 2 unspecified atom stereocenters. The summed E-state index contributed by atoms with van der Waals surface area (Å²) >= 11 is 0. The van der Waals surface area contributed by atoms with Crippen molar-refractivity contribution >= 4 is 16.5 Å². The topological polar surface area (TPSA) is 38.3 Å². The molecule has 0 fully saturated rings. The van der Waals surface area contributed by atoms with Crippen LogP contribution >= 0.6 is 0 Å². The summed E-state index contributed by atoms with van der Waals surface area (Å²) in [6.45, 7) is 5.44. The first-order chi connectivity index (χ1) is 7.63. The number of nitrogens with one attached hydrogen (secondary N) is 1. The predicted molar refractivity (Wildman–Crippen MR) is 68.4 cm³/mol. The molecule has 0 saturated heterocycles. The lowest BCUT2D eigenvalue weighted by Crippen LogP contribution is -2.21. The number of hydrogen-bond donors (Lipinski definition) is 1. The lowest BCUT2D eigenvalue weighted by atomic mass is 10.3. The lowest BCUT2D eigenvalue weighted by Gasteiger charge is -2.15. The Kier molecular flexibility index (Phi) is 5.49. The van der Waals surface area contributed by atoms with Crippen molar-refractivity contribution < 1.29 is 8.95 Å². The molecule has 2 atom stereocenters. The van der Waals surface area contributed by atoms with Crippen LogP contribution < -0.4 is 5.32 Å². The molecule has 0 aliphatic heterocycles. The predicted octanol–water partition coefficient (Wildman–Crippen LogP) is 2.26. The first-order valence-electron chi connectivity index (χ1n) is 5.41. The molecule has 0 aliphatic rings. The molecule has 1 aromatic rings. The van der Waals surface area contributed by atoms with Gasteiger partial charge in [0.25, 0.3) is 0 Å². The van der Waals surface area contributed by atoms with E-state index in [1.165, 1.54) is 0 Å². The number of benzene rings is 1. The quantitative estimate of drug-likeness (QED) is 0.830. The summed E-state index contributed by atoms with van der Waals surface area (Å²) in [5.41, 5.74) is 0.986. The Labute approximate surface area is 99.7 Å². The second-order valence-electron chi connectivity index (χ2n) is 3.69. The molecule has 0 radical (unpaired) electrons. The van der Waals surface area contributed by atoms with Gasteiger partial charge in [0, 0.05) is 40.3 Å². The molecule has 0 aromatic heterocycles. The van der Waals surface area contributed by atoms with E-state index < -0.39 is 10.8 Å². The Balaban J connectivity index is 2.59. The number of rotatable bonds is 6. The van der Waals surface area contributed by atoms with Crippen LogP contribution in [0.3, 0.4) is 0 Å². The molecule has 1 rings (SSSR count). The Morgan fingerprint density at radius 3 is 2.88 bits per heavy atom. The summed E-state index contributed by atoms with van der Waals surface area (Å²) in [6.07, 6.45) is 1.68. The van der Waals surface area contributed by atoms with Gasteiger partial charge in [-0.3, -0.25) is 4.21 Å². The molecule has 0 aliphatic carbocycles. The van der Waals surface area contributed by atoms with Crippen molar-refractivity contribution in [2.75, 3.05) is 24.8 Å². The highest BCUT2D eigenvalue weighted by atomic mass is 32.2. The molecule has 16 heavy (non-hydrogen) atoms. The maximum Gasteiger partial charge on any atom is 0.0664 e. The zero-order valence-electron chi connectivity index (χ0n) is 10.0. The largest absolute Gasteiger partial charge is 0.380 e. The Morgan fingerprint density at radius 1 is 1.50 bits per heavy atom. The van der Waals surface area contributed by atoms with E-state index in [2.05, 4.69) is 12.2 Å². The van der Waals surface area contributed by atoms with Crippen molar-refractivity contribution in [3.63, 3.8) is 0 Å². The summed E-state index contributed by atoms with van der Waals surface area (Å²) in [4.78, 5) is 0.841. The fourth-order valence-corrected chi connectivity index (χ4v) is 1.95. The van der Waals surface area contributed by atoms with Crippen molar-refractivity contribution in [3.8, 4) is 0 Å². The van der Waals surface area contributed by atoms with Crippen LogP contribution in [0.2, 0.25) is 0 Å². The molecule has 90 valence electrons. The van der Waals surface area contributed by atoms with E-state index in [1.807, 2.05) is 31.2 Å². The average Bonchev–Trinajstić information content (AvgIpc) is 2.26. The van der Waals surface area contributed by atoms with E-state index in [0.717, 1.165) is 17.2 Å². The van der Waals surface area contributed by atoms with Crippen LogP contribution in [0.25, 0.3) is 0 Å². The number of hydrogen-bond acceptors (Lipinski definition) is 3. The standard InChI is InChI=1S/C12H19NO2S/c1-4-15-9-10(2)13-11-6-5-7-12(8-11)16(3)14/h5-8,10,13H,4,9H2,1-3H3. The highest BCUT2D eigenvalue weighted by Crippen LogP contribution is 2.14. The van der Waals surface area contributed by atoms with Gasteiger partial charge in [0.15, 0.2) is 0 Å². The van der Waals surface area contributed by atoms with Gasteiger partial charge in [-0.15, -0.1) is 0 Å². The van der Waals surface area contributed by atoms with E-state index in [4.69, 9.17) is 4.74 Å². The zero-order chi connectivity index (χ0) is 12.0. The molecule has 0 spiro atoms. The zero-order valence-corrected chi connectivity index (χ0v) is 10.8. The van der Waals surface area contributed by atoms with Crippen LogP contribution in [0.5, 0.6) is 0 Å². The van der Waals surface area contributed by atoms with Gasteiger partial charge in [-0.05, 0) is 32.0 Å². The molecule has 3 nitrogen and oxygen atoms in total. The van der Waals surface area contributed by atoms with Gasteiger partial charge < -0.3 is 10.1 Å². The Bertz CT molecular complexity index is 355. The summed E-state index contributed by atoms with van der Waals surface area (Å²) < 4.78 is 16.6. The monoisotopic (exact) mass is 241 g/mol. The van der Waals surface area contributed by atoms with Crippen molar-refractivity contribution in [2.24, 2.45) is 0 Å². The van der Waals surface area contributed by atoms with Gasteiger partial charge in [-0.2, -0.15) is 0 Å². The van der Waals surface area contributed by atoms with Crippen LogP contribution in [0.1, 0.15) is 13.8 Å². The van der Waals surface area contributed by atoms with Crippen molar-refractivity contribution in [1.29, 1.82) is 0 Å². The van der Waals surface area contributed by atoms with Crippen LogP contribution in [0.15, 0.2) is 29.2 Å². The Hall–Kier alpha value is -0.870. The molecule has 0 saturated carbocycles. The van der Waals surface area contributed by atoms with Gasteiger partial charge in [0.05, 0.1) is 6.61 Å². The van der Waals surface area contributed by atoms with Crippen molar-refractivity contribution in [2.45, 2.75) is 24.8 Å². The molecule has 0 amide bonds. The maximum absolute atomic E-state index is 11.3. The first-order valence-corrected chi connectivity index (χ1v) is 6.97. The fourth-order valence-electron chi connectivity index (χ4n) is 1.39. The fraction of sp³-hybridized carbons (Fsp3) is 0.500. The average molecular weight is 241 g/mol. The van der Waals surface area contributed by atoms with Gasteiger partial charge in [-0.25, -0.2) is 0 Å². The van der Waals surface area contributed by atoms with Crippen LogP contribution in [-0.2, 0) is 15.5 Å². The van der Waals surface area contributed by atoms with Gasteiger partial charge in [-0.1, -0.05) is 6.07 Å². The second kappa shape index (κ2) is 6.66. The van der Waals surface area contributed by atoms with Crippen molar-refractivity contribution in [3.05, 3.63) is 24.3 Å². The molecular weight excluding hydrogens is 222 g/mol. The summed E-state index contributed by atoms with van der Waals surface area (Å²) in [7, 11) is -0.931. The molecule has 0 bridgehead atoms. The highest BCUT2D eigenvalue weighted by molar-refractivity contribution is 7.84. The lowest BCUT2D eigenvalue weighted by molar-refractivity contribution is 0.141. The number of anilines is 1. The molecule has 0 heterocycles.